The van der Waals surface area contributed by atoms with Crippen LogP contribution >= 0.6 is 0 Å². The molecular formula is C29H35N7O5. The van der Waals surface area contributed by atoms with Gasteiger partial charge in [-0.25, -0.2) is 0 Å². The van der Waals surface area contributed by atoms with Crippen LogP contribution in [0.15, 0.2) is 54.7 Å². The van der Waals surface area contributed by atoms with Crippen LogP contribution < -0.4 is 25.6 Å². The SMILES string of the molecule is CCC(C)C(NC(=O)Cc1ccccc1)C(=O)NCC(=O)N1c2cc(OC)ccc2CC1C(=O)NCc1cn[nH]n1. The molecule has 4 amide bonds. The number of ether oxygens (including phenoxy) is 1. The van der Waals surface area contributed by atoms with Gasteiger partial charge in [-0.15, -0.1) is 0 Å². The number of methoxy groups -OCH3 is 1. The van der Waals surface area contributed by atoms with Gasteiger partial charge in [0.2, 0.25) is 23.6 Å². The number of carbonyl (C=O) groups excluding carboxylic acids is 4. The van der Waals surface area contributed by atoms with E-state index >= 15 is 0 Å². The van der Waals surface area contributed by atoms with E-state index in [0.29, 0.717) is 30.0 Å². The van der Waals surface area contributed by atoms with Gasteiger partial charge >= 0.3 is 0 Å². The summed E-state index contributed by atoms with van der Waals surface area (Å²) in [6.45, 7) is 3.58. The van der Waals surface area contributed by atoms with Crippen molar-refractivity contribution in [1.29, 1.82) is 0 Å². The van der Waals surface area contributed by atoms with E-state index in [1.54, 1.807) is 12.1 Å². The Kier molecular flexibility index (Phi) is 9.67. The van der Waals surface area contributed by atoms with Gasteiger partial charge in [0.25, 0.3) is 0 Å². The maximum absolute atomic E-state index is 13.6. The van der Waals surface area contributed by atoms with Gasteiger partial charge in [-0.05, 0) is 23.1 Å². The Morgan fingerprint density at radius 2 is 1.90 bits per heavy atom. The zero-order valence-electron chi connectivity index (χ0n) is 23.3. The molecule has 1 aliphatic rings. The normalized spacial score (nSPS) is 15.4. The third-order valence-corrected chi connectivity index (χ3v) is 7.19. The molecule has 41 heavy (non-hydrogen) atoms. The average Bonchev–Trinajstić information content (AvgIpc) is 3.65. The number of hydrogen-bond donors (Lipinski definition) is 4. The van der Waals surface area contributed by atoms with E-state index in [4.69, 9.17) is 4.74 Å². The van der Waals surface area contributed by atoms with Gasteiger partial charge in [-0.3, -0.25) is 24.1 Å². The van der Waals surface area contributed by atoms with E-state index in [0.717, 1.165) is 11.1 Å². The molecule has 0 bridgehead atoms. The number of benzene rings is 2. The Hall–Kier alpha value is -4.74. The van der Waals surface area contributed by atoms with Crippen molar-refractivity contribution in [3.05, 3.63) is 71.5 Å². The molecule has 1 aromatic heterocycles. The lowest BCUT2D eigenvalue weighted by atomic mass is 9.98. The van der Waals surface area contributed by atoms with Gasteiger partial charge in [0.1, 0.15) is 23.5 Å². The number of fused-ring (bicyclic) bond motifs is 1. The van der Waals surface area contributed by atoms with Crippen LogP contribution in [0.1, 0.15) is 37.1 Å². The molecular weight excluding hydrogens is 526 g/mol. The van der Waals surface area contributed by atoms with E-state index in [1.807, 2.05) is 50.2 Å². The highest BCUT2D eigenvalue weighted by atomic mass is 16.5. The predicted octanol–water partition coefficient (Wildman–Crippen LogP) is 1.28. The number of aromatic nitrogens is 3. The lowest BCUT2D eigenvalue weighted by Gasteiger charge is -2.27. The van der Waals surface area contributed by atoms with Gasteiger partial charge in [0.05, 0.1) is 38.5 Å². The lowest BCUT2D eigenvalue weighted by Crippen LogP contribution is -2.54. The molecule has 12 heteroatoms. The van der Waals surface area contributed by atoms with Crippen molar-refractivity contribution >= 4 is 29.3 Å². The second kappa shape index (κ2) is 13.6. The highest BCUT2D eigenvalue weighted by molar-refractivity contribution is 6.05. The van der Waals surface area contributed by atoms with E-state index < -0.39 is 23.9 Å². The van der Waals surface area contributed by atoms with Crippen molar-refractivity contribution in [3.63, 3.8) is 0 Å². The number of rotatable bonds is 12. The van der Waals surface area contributed by atoms with Gasteiger partial charge < -0.3 is 20.7 Å². The molecule has 3 atom stereocenters. The van der Waals surface area contributed by atoms with Gasteiger partial charge in [0.15, 0.2) is 0 Å². The molecule has 3 aromatic rings. The fraction of sp³-hybridized carbons (Fsp3) is 0.379. The number of amides is 4. The molecule has 12 nitrogen and oxygen atoms in total. The van der Waals surface area contributed by atoms with Crippen molar-refractivity contribution in [2.75, 3.05) is 18.6 Å². The molecule has 1 aliphatic heterocycles. The predicted molar refractivity (Wildman–Crippen MR) is 151 cm³/mol. The molecule has 0 fully saturated rings. The van der Waals surface area contributed by atoms with Crippen molar-refractivity contribution in [2.24, 2.45) is 5.92 Å². The smallest absolute Gasteiger partial charge is 0.247 e. The summed E-state index contributed by atoms with van der Waals surface area (Å²) in [5.41, 5.74) is 2.73. The van der Waals surface area contributed by atoms with Crippen LogP contribution in [0.2, 0.25) is 0 Å². The summed E-state index contributed by atoms with van der Waals surface area (Å²) >= 11 is 0. The average molecular weight is 562 g/mol. The van der Waals surface area contributed by atoms with Crippen LogP contribution in [0.5, 0.6) is 5.75 Å². The monoisotopic (exact) mass is 561 g/mol. The summed E-state index contributed by atoms with van der Waals surface area (Å²) in [6, 6.07) is 12.9. The molecule has 0 spiro atoms. The molecule has 0 aliphatic carbocycles. The molecule has 0 saturated carbocycles. The summed E-state index contributed by atoms with van der Waals surface area (Å²) in [5.74, 6) is -1.22. The Labute approximate surface area is 238 Å². The van der Waals surface area contributed by atoms with Crippen molar-refractivity contribution in [3.8, 4) is 5.75 Å². The Balaban J connectivity index is 1.45. The molecule has 4 N–H and O–H groups in total. The summed E-state index contributed by atoms with van der Waals surface area (Å²) in [6.07, 6.45) is 2.58. The minimum atomic E-state index is -0.829. The number of aromatic amines is 1. The zero-order chi connectivity index (χ0) is 29.4. The van der Waals surface area contributed by atoms with E-state index in [2.05, 4.69) is 31.4 Å². The summed E-state index contributed by atoms with van der Waals surface area (Å²) < 4.78 is 5.34. The lowest BCUT2D eigenvalue weighted by molar-refractivity contribution is -0.131. The highest BCUT2D eigenvalue weighted by Crippen LogP contribution is 2.35. The third-order valence-electron chi connectivity index (χ3n) is 7.19. The van der Waals surface area contributed by atoms with E-state index in [-0.39, 0.29) is 37.2 Å². The highest BCUT2D eigenvalue weighted by Gasteiger charge is 2.39. The maximum atomic E-state index is 13.6. The zero-order valence-corrected chi connectivity index (χ0v) is 23.3. The maximum Gasteiger partial charge on any atom is 0.247 e. The number of nitrogens with one attached hydrogen (secondary N) is 4. The Morgan fingerprint density at radius 1 is 1.12 bits per heavy atom. The van der Waals surface area contributed by atoms with Crippen molar-refractivity contribution < 1.29 is 23.9 Å². The minimum absolute atomic E-state index is 0.136. The van der Waals surface area contributed by atoms with Gasteiger partial charge in [-0.1, -0.05) is 56.7 Å². The van der Waals surface area contributed by atoms with Crippen LogP contribution in [-0.2, 0) is 38.6 Å². The first-order valence-electron chi connectivity index (χ1n) is 13.5. The second-order valence-electron chi connectivity index (χ2n) is 9.97. The number of hydrogen-bond acceptors (Lipinski definition) is 7. The fourth-order valence-corrected chi connectivity index (χ4v) is 4.72. The first-order valence-corrected chi connectivity index (χ1v) is 13.5. The first kappa shape index (κ1) is 29.2. The van der Waals surface area contributed by atoms with Crippen LogP contribution in [-0.4, -0.2) is 64.8 Å². The van der Waals surface area contributed by atoms with E-state index in [9.17, 15) is 19.2 Å². The fourth-order valence-electron chi connectivity index (χ4n) is 4.72. The summed E-state index contributed by atoms with van der Waals surface area (Å²) in [7, 11) is 1.52. The summed E-state index contributed by atoms with van der Waals surface area (Å²) in [4.78, 5) is 54.1. The first-order chi connectivity index (χ1) is 19.8. The quantitative estimate of drug-likeness (QED) is 0.259. The largest absolute Gasteiger partial charge is 0.497 e. The second-order valence-corrected chi connectivity index (χ2v) is 9.97. The number of carbonyl (C=O) groups is 4. The minimum Gasteiger partial charge on any atom is -0.497 e. The Morgan fingerprint density at radius 3 is 2.59 bits per heavy atom. The van der Waals surface area contributed by atoms with Gasteiger partial charge in [-0.2, -0.15) is 15.4 Å². The number of anilines is 1. The van der Waals surface area contributed by atoms with Crippen LogP contribution in [0.4, 0.5) is 5.69 Å². The van der Waals surface area contributed by atoms with Crippen LogP contribution in [0, 0.1) is 5.92 Å². The van der Waals surface area contributed by atoms with E-state index in [1.165, 1.54) is 18.2 Å². The topological polar surface area (TPSA) is 158 Å². The molecule has 0 saturated heterocycles. The van der Waals surface area contributed by atoms with Crippen molar-refractivity contribution in [2.45, 2.75) is 51.7 Å². The molecule has 0 radical (unpaired) electrons. The molecule has 4 rings (SSSR count). The number of nitrogens with zero attached hydrogens (tertiary/aromatic N) is 3. The summed E-state index contributed by atoms with van der Waals surface area (Å²) in [5, 5.41) is 18.5. The molecule has 216 valence electrons. The molecule has 3 unspecified atom stereocenters. The standard InChI is InChI=1S/C29H35N7O5/c1-4-18(2)27(33-25(37)12-19-8-6-5-7-9-19)29(40)31-17-26(38)36-23-14-22(41-3)11-10-20(23)13-24(36)28(39)30-15-21-16-32-35-34-21/h5-11,14,16,18,24,27H,4,12-13,15,17H2,1-3H3,(H,30,39)(H,31,40)(H,33,37)(H,32,34,35). The third kappa shape index (κ3) is 7.27. The Bertz CT molecular complexity index is 1360. The molecule has 2 heterocycles. The van der Waals surface area contributed by atoms with Crippen LogP contribution in [0.3, 0.4) is 0 Å². The van der Waals surface area contributed by atoms with Gasteiger partial charge in [0, 0.05) is 12.5 Å². The van der Waals surface area contributed by atoms with Crippen molar-refractivity contribution in [1.82, 2.24) is 31.4 Å². The van der Waals surface area contributed by atoms with Crippen LogP contribution in [0.25, 0.3) is 0 Å². The molecule has 2 aromatic carbocycles. The number of H-pyrrole nitrogens is 1.